The predicted molar refractivity (Wildman–Crippen MR) is 119 cm³/mol. The van der Waals surface area contributed by atoms with Crippen molar-refractivity contribution in [2.75, 3.05) is 11.9 Å². The minimum atomic E-state index is -0.790. The van der Waals surface area contributed by atoms with Gasteiger partial charge in [0.2, 0.25) is 0 Å². The molecule has 0 radical (unpaired) electrons. The number of hydrogen-bond donors (Lipinski definition) is 2. The normalized spacial score (nSPS) is 11.1. The van der Waals surface area contributed by atoms with Gasteiger partial charge >= 0.3 is 0 Å². The van der Waals surface area contributed by atoms with Crippen LogP contribution in [0.2, 0.25) is 0 Å². The highest BCUT2D eigenvalue weighted by molar-refractivity contribution is 6.04. The number of benzene rings is 3. The first-order valence-electron chi connectivity index (χ1n) is 9.95. The van der Waals surface area contributed by atoms with E-state index in [0.29, 0.717) is 29.1 Å². The van der Waals surface area contributed by atoms with Crippen LogP contribution in [0, 0.1) is 11.3 Å². The molecule has 0 aliphatic carbocycles. The zero-order chi connectivity index (χ0) is 22.1. The zero-order valence-electron chi connectivity index (χ0n) is 17.2. The summed E-state index contributed by atoms with van der Waals surface area (Å²) in [4.78, 5) is 25.2. The van der Waals surface area contributed by atoms with E-state index in [1.807, 2.05) is 36.4 Å². The summed E-state index contributed by atoms with van der Waals surface area (Å²) in [6, 6.07) is 25.3. The molecule has 2 amide bonds. The van der Waals surface area contributed by atoms with Crippen LogP contribution in [0.1, 0.15) is 28.4 Å². The van der Waals surface area contributed by atoms with Gasteiger partial charge < -0.3 is 15.4 Å². The first-order chi connectivity index (χ1) is 15.1. The Morgan fingerprint density at radius 2 is 1.65 bits per heavy atom. The average Bonchev–Trinajstić information content (AvgIpc) is 2.80. The van der Waals surface area contributed by atoms with E-state index in [1.165, 1.54) is 0 Å². The number of rotatable bonds is 8. The fourth-order valence-corrected chi connectivity index (χ4v) is 2.95. The summed E-state index contributed by atoms with van der Waals surface area (Å²) in [5, 5.41) is 14.5. The van der Waals surface area contributed by atoms with Crippen LogP contribution in [0.4, 0.5) is 5.69 Å². The summed E-state index contributed by atoms with van der Waals surface area (Å²) in [6.07, 6.45) is -0.0709. The van der Waals surface area contributed by atoms with Gasteiger partial charge in [0.15, 0.2) is 6.10 Å². The van der Waals surface area contributed by atoms with Gasteiger partial charge in [0, 0.05) is 6.54 Å². The first-order valence-corrected chi connectivity index (χ1v) is 9.95. The summed E-state index contributed by atoms with van der Waals surface area (Å²) in [6.45, 7) is 2.11. The van der Waals surface area contributed by atoms with Crippen molar-refractivity contribution in [1.29, 1.82) is 5.26 Å². The quantitative estimate of drug-likeness (QED) is 0.585. The van der Waals surface area contributed by atoms with Crippen molar-refractivity contribution in [3.05, 3.63) is 95.6 Å². The number of hydrogen-bond acceptors (Lipinski definition) is 4. The van der Waals surface area contributed by atoms with Crippen molar-refractivity contribution in [3.8, 4) is 11.8 Å². The number of carbonyl (C=O) groups excluding carboxylic acids is 2. The molecular formula is C25H23N3O3. The summed E-state index contributed by atoms with van der Waals surface area (Å²) >= 11 is 0. The number of nitrogens with one attached hydrogen (secondary N) is 2. The van der Waals surface area contributed by atoms with Gasteiger partial charge in [-0.05, 0) is 55.3 Å². The fourth-order valence-electron chi connectivity index (χ4n) is 2.95. The molecule has 156 valence electrons. The monoisotopic (exact) mass is 413 g/mol. The topological polar surface area (TPSA) is 91.2 Å². The third kappa shape index (κ3) is 6.18. The summed E-state index contributed by atoms with van der Waals surface area (Å²) in [5.41, 5.74) is 2.45. The van der Waals surface area contributed by atoms with E-state index in [9.17, 15) is 9.59 Å². The number of para-hydroxylation sites is 1. The fraction of sp³-hybridized carbons (Fsp3) is 0.160. The van der Waals surface area contributed by atoms with Gasteiger partial charge in [-0.3, -0.25) is 9.59 Å². The number of ether oxygens (including phenoxy) is 1. The summed E-state index contributed by atoms with van der Waals surface area (Å²) in [7, 11) is 0. The smallest absolute Gasteiger partial charge is 0.265 e. The van der Waals surface area contributed by atoms with Crippen LogP contribution in [0.15, 0.2) is 78.9 Å². The lowest BCUT2D eigenvalue weighted by Crippen LogP contribution is -2.32. The SMILES string of the molecule is CC(Oc1ccc(C#N)cc1)C(=O)Nc1ccccc1C(=O)NCCc1ccccc1. The van der Waals surface area contributed by atoms with Crippen molar-refractivity contribution in [3.63, 3.8) is 0 Å². The maximum absolute atomic E-state index is 12.6. The molecule has 6 heteroatoms. The Hall–Kier alpha value is -4.11. The molecular weight excluding hydrogens is 390 g/mol. The minimum absolute atomic E-state index is 0.257. The Kier molecular flexibility index (Phi) is 7.39. The molecule has 1 atom stereocenters. The number of carbonyl (C=O) groups is 2. The second kappa shape index (κ2) is 10.6. The molecule has 0 spiro atoms. The highest BCUT2D eigenvalue weighted by atomic mass is 16.5. The molecule has 0 aliphatic rings. The van der Waals surface area contributed by atoms with Crippen molar-refractivity contribution in [2.24, 2.45) is 0 Å². The van der Waals surface area contributed by atoms with E-state index >= 15 is 0 Å². The van der Waals surface area contributed by atoms with E-state index in [4.69, 9.17) is 10.00 Å². The first kappa shape index (κ1) is 21.6. The number of nitriles is 1. The molecule has 0 saturated heterocycles. The van der Waals surface area contributed by atoms with E-state index in [1.54, 1.807) is 55.5 Å². The Balaban J connectivity index is 1.58. The van der Waals surface area contributed by atoms with Crippen LogP contribution in [0.3, 0.4) is 0 Å². The van der Waals surface area contributed by atoms with E-state index in [0.717, 1.165) is 12.0 Å². The largest absolute Gasteiger partial charge is 0.481 e. The molecule has 3 rings (SSSR count). The predicted octanol–water partition coefficient (Wildman–Crippen LogP) is 3.94. The molecule has 0 fully saturated rings. The maximum atomic E-state index is 12.6. The van der Waals surface area contributed by atoms with Crippen molar-refractivity contribution in [2.45, 2.75) is 19.4 Å². The third-order valence-corrected chi connectivity index (χ3v) is 4.64. The minimum Gasteiger partial charge on any atom is -0.481 e. The second-order valence-electron chi connectivity index (χ2n) is 6.92. The number of nitrogens with zero attached hydrogens (tertiary/aromatic N) is 1. The van der Waals surface area contributed by atoms with Crippen LogP contribution in [0.5, 0.6) is 5.75 Å². The van der Waals surface area contributed by atoms with Crippen LogP contribution < -0.4 is 15.4 Å². The standard InChI is InChI=1S/C25H23N3O3/c1-18(31-21-13-11-20(17-26)12-14-21)24(29)28-23-10-6-5-9-22(23)25(30)27-16-15-19-7-3-2-4-8-19/h2-14,18H,15-16H2,1H3,(H,27,30)(H,28,29). The molecule has 3 aromatic rings. The summed E-state index contributed by atoms with van der Waals surface area (Å²) in [5.74, 6) is -0.157. The van der Waals surface area contributed by atoms with Crippen molar-refractivity contribution < 1.29 is 14.3 Å². The average molecular weight is 413 g/mol. The molecule has 0 aliphatic heterocycles. The van der Waals surface area contributed by atoms with Crippen LogP contribution in [-0.2, 0) is 11.2 Å². The van der Waals surface area contributed by atoms with Gasteiger partial charge in [-0.2, -0.15) is 5.26 Å². The molecule has 6 nitrogen and oxygen atoms in total. The Morgan fingerprint density at radius 1 is 0.968 bits per heavy atom. The molecule has 0 bridgehead atoms. The van der Waals surface area contributed by atoms with Gasteiger partial charge in [-0.1, -0.05) is 42.5 Å². The molecule has 2 N–H and O–H groups in total. The number of anilines is 1. The third-order valence-electron chi connectivity index (χ3n) is 4.64. The van der Waals surface area contributed by atoms with E-state index in [2.05, 4.69) is 10.6 Å². The Bertz CT molecular complexity index is 1070. The molecule has 1 unspecified atom stereocenters. The molecule has 0 heterocycles. The van der Waals surface area contributed by atoms with Crippen molar-refractivity contribution >= 4 is 17.5 Å². The molecule has 0 aromatic heterocycles. The van der Waals surface area contributed by atoms with Crippen LogP contribution >= 0.6 is 0 Å². The highest BCUT2D eigenvalue weighted by Gasteiger charge is 2.18. The van der Waals surface area contributed by atoms with Gasteiger partial charge in [0.25, 0.3) is 11.8 Å². The van der Waals surface area contributed by atoms with Crippen LogP contribution in [-0.4, -0.2) is 24.5 Å². The molecule has 3 aromatic carbocycles. The van der Waals surface area contributed by atoms with Crippen molar-refractivity contribution in [1.82, 2.24) is 5.32 Å². The Morgan fingerprint density at radius 3 is 2.35 bits per heavy atom. The second-order valence-corrected chi connectivity index (χ2v) is 6.92. The van der Waals surface area contributed by atoms with Crippen LogP contribution in [0.25, 0.3) is 0 Å². The zero-order valence-corrected chi connectivity index (χ0v) is 17.2. The number of amides is 2. The van der Waals surface area contributed by atoms with Gasteiger partial charge in [0.05, 0.1) is 22.9 Å². The lowest BCUT2D eigenvalue weighted by atomic mass is 10.1. The van der Waals surface area contributed by atoms with Gasteiger partial charge in [0.1, 0.15) is 5.75 Å². The maximum Gasteiger partial charge on any atom is 0.265 e. The lowest BCUT2D eigenvalue weighted by molar-refractivity contribution is -0.122. The highest BCUT2D eigenvalue weighted by Crippen LogP contribution is 2.17. The Labute approximate surface area is 181 Å². The molecule has 31 heavy (non-hydrogen) atoms. The van der Waals surface area contributed by atoms with Gasteiger partial charge in [-0.15, -0.1) is 0 Å². The summed E-state index contributed by atoms with van der Waals surface area (Å²) < 4.78 is 5.64. The van der Waals surface area contributed by atoms with E-state index in [-0.39, 0.29) is 11.8 Å². The lowest BCUT2D eigenvalue weighted by Gasteiger charge is -2.16. The molecule has 0 saturated carbocycles. The van der Waals surface area contributed by atoms with Gasteiger partial charge in [-0.25, -0.2) is 0 Å². The van der Waals surface area contributed by atoms with E-state index < -0.39 is 6.10 Å².